The average molecular weight is 188 g/mol. The third kappa shape index (κ3) is 2.31. The van der Waals surface area contributed by atoms with Crippen LogP contribution >= 0.6 is 23.4 Å². The van der Waals surface area contributed by atoms with Gasteiger partial charge in [0.1, 0.15) is 0 Å². The Bertz CT molecular complexity index is 250. The molecule has 0 unspecified atom stereocenters. The highest BCUT2D eigenvalue weighted by atomic mass is 35.5. The predicted octanol–water partition coefficient (Wildman–Crippen LogP) is 2.79. The number of nitrogens with two attached hydrogens (primary N) is 1. The summed E-state index contributed by atoms with van der Waals surface area (Å²) in [7, 11) is 0. The summed E-state index contributed by atoms with van der Waals surface area (Å²) < 4.78 is 0. The molecule has 0 saturated heterocycles. The van der Waals surface area contributed by atoms with Gasteiger partial charge in [0.05, 0.1) is 10.7 Å². The lowest BCUT2D eigenvalue weighted by Gasteiger charge is -2.01. The van der Waals surface area contributed by atoms with Gasteiger partial charge in [-0.3, -0.25) is 0 Å². The van der Waals surface area contributed by atoms with Crippen LogP contribution in [0.4, 0.5) is 5.69 Å². The van der Waals surface area contributed by atoms with E-state index < -0.39 is 0 Å². The first-order valence-electron chi connectivity index (χ1n) is 3.27. The molecule has 0 spiro atoms. The van der Waals surface area contributed by atoms with Crippen LogP contribution in [-0.2, 0) is 5.75 Å². The molecule has 1 nitrogen and oxygen atoms in total. The topological polar surface area (TPSA) is 26.0 Å². The molecule has 0 amide bonds. The van der Waals surface area contributed by atoms with E-state index in [1.165, 1.54) is 5.56 Å². The first-order chi connectivity index (χ1) is 5.24. The second kappa shape index (κ2) is 3.88. The molecule has 11 heavy (non-hydrogen) atoms. The summed E-state index contributed by atoms with van der Waals surface area (Å²) in [5, 5.41) is 0.634. The van der Waals surface area contributed by atoms with Crippen LogP contribution in [0.1, 0.15) is 5.56 Å². The summed E-state index contributed by atoms with van der Waals surface area (Å²) in [6, 6.07) is 5.75. The molecule has 1 rings (SSSR count). The van der Waals surface area contributed by atoms with Crippen molar-refractivity contribution in [3.05, 3.63) is 28.8 Å². The Kier molecular flexibility index (Phi) is 3.09. The number of hydrogen-bond acceptors (Lipinski definition) is 2. The molecule has 3 heteroatoms. The minimum atomic E-state index is 0.634. The van der Waals surface area contributed by atoms with Gasteiger partial charge in [0, 0.05) is 5.75 Å². The van der Waals surface area contributed by atoms with Crippen LogP contribution < -0.4 is 5.73 Å². The van der Waals surface area contributed by atoms with E-state index in [4.69, 9.17) is 17.3 Å². The highest BCUT2D eigenvalue weighted by molar-refractivity contribution is 7.97. The van der Waals surface area contributed by atoms with Gasteiger partial charge in [-0.1, -0.05) is 17.7 Å². The van der Waals surface area contributed by atoms with E-state index in [0.717, 1.165) is 5.75 Å². The number of rotatable bonds is 2. The number of hydrogen-bond donors (Lipinski definition) is 1. The van der Waals surface area contributed by atoms with Crippen LogP contribution in [0.25, 0.3) is 0 Å². The molecule has 0 saturated carbocycles. The molecule has 0 bridgehead atoms. The van der Waals surface area contributed by atoms with Crippen LogP contribution in [0.3, 0.4) is 0 Å². The fraction of sp³-hybridized carbons (Fsp3) is 0.250. The largest absolute Gasteiger partial charge is 0.398 e. The van der Waals surface area contributed by atoms with Crippen LogP contribution in [-0.4, -0.2) is 6.26 Å². The van der Waals surface area contributed by atoms with E-state index in [9.17, 15) is 0 Å². The molecule has 60 valence electrons. The average Bonchev–Trinajstić information content (AvgIpc) is 1.98. The van der Waals surface area contributed by atoms with Gasteiger partial charge in [-0.2, -0.15) is 11.8 Å². The highest BCUT2D eigenvalue weighted by Gasteiger charge is 1.96. The zero-order valence-electron chi connectivity index (χ0n) is 6.30. The van der Waals surface area contributed by atoms with E-state index in [1.807, 2.05) is 18.2 Å². The molecule has 0 atom stereocenters. The summed E-state index contributed by atoms with van der Waals surface area (Å²) in [4.78, 5) is 0. The first-order valence-corrected chi connectivity index (χ1v) is 5.04. The fourth-order valence-electron chi connectivity index (χ4n) is 0.850. The number of thioether (sulfide) groups is 1. The smallest absolute Gasteiger partial charge is 0.0635 e. The van der Waals surface area contributed by atoms with Crippen molar-refractivity contribution in [3.63, 3.8) is 0 Å². The van der Waals surface area contributed by atoms with Crippen molar-refractivity contribution in [3.8, 4) is 0 Å². The van der Waals surface area contributed by atoms with Crippen molar-refractivity contribution in [2.24, 2.45) is 0 Å². The highest BCUT2D eigenvalue weighted by Crippen LogP contribution is 2.21. The molecule has 0 heterocycles. The van der Waals surface area contributed by atoms with Crippen molar-refractivity contribution in [1.29, 1.82) is 0 Å². The van der Waals surface area contributed by atoms with Crippen molar-refractivity contribution < 1.29 is 0 Å². The van der Waals surface area contributed by atoms with Gasteiger partial charge >= 0.3 is 0 Å². The number of nitrogen functional groups attached to an aromatic ring is 1. The van der Waals surface area contributed by atoms with E-state index in [-0.39, 0.29) is 0 Å². The molecule has 2 N–H and O–H groups in total. The molecule has 1 aromatic rings. The van der Waals surface area contributed by atoms with Crippen LogP contribution in [0, 0.1) is 0 Å². The van der Waals surface area contributed by atoms with Gasteiger partial charge in [-0.05, 0) is 24.0 Å². The summed E-state index contributed by atoms with van der Waals surface area (Å²) >= 11 is 7.52. The number of anilines is 1. The van der Waals surface area contributed by atoms with Gasteiger partial charge < -0.3 is 5.73 Å². The van der Waals surface area contributed by atoms with Crippen molar-refractivity contribution in [2.45, 2.75) is 5.75 Å². The summed E-state index contributed by atoms with van der Waals surface area (Å²) in [5.41, 5.74) is 7.50. The molecule has 0 radical (unpaired) electrons. The molecule has 0 aliphatic rings. The lowest BCUT2D eigenvalue weighted by atomic mass is 10.2. The lowest BCUT2D eigenvalue weighted by molar-refractivity contribution is 1.42. The maximum Gasteiger partial charge on any atom is 0.0635 e. The Morgan fingerprint density at radius 1 is 1.55 bits per heavy atom. The number of halogens is 1. The van der Waals surface area contributed by atoms with Gasteiger partial charge in [0.2, 0.25) is 0 Å². The summed E-state index contributed by atoms with van der Waals surface area (Å²) in [6.45, 7) is 0. The van der Waals surface area contributed by atoms with E-state index >= 15 is 0 Å². The SMILES string of the molecule is CSCc1ccc(Cl)c(N)c1. The van der Waals surface area contributed by atoms with Crippen LogP contribution in [0.2, 0.25) is 5.02 Å². The maximum absolute atomic E-state index is 5.75. The van der Waals surface area contributed by atoms with Gasteiger partial charge in [-0.15, -0.1) is 0 Å². The Labute approximate surface area is 75.9 Å². The van der Waals surface area contributed by atoms with E-state index in [2.05, 4.69) is 6.26 Å². The monoisotopic (exact) mass is 187 g/mol. The van der Waals surface area contributed by atoms with E-state index in [0.29, 0.717) is 10.7 Å². The van der Waals surface area contributed by atoms with Gasteiger partial charge in [-0.25, -0.2) is 0 Å². The summed E-state index contributed by atoms with van der Waals surface area (Å²) in [5.74, 6) is 0.987. The zero-order chi connectivity index (χ0) is 8.27. The lowest BCUT2D eigenvalue weighted by Crippen LogP contribution is -1.88. The standard InChI is InChI=1S/C8H10ClNS/c1-11-5-6-2-3-7(9)8(10)4-6/h2-4H,5,10H2,1H3. The molecule has 0 aliphatic heterocycles. The van der Waals surface area contributed by atoms with E-state index in [1.54, 1.807) is 11.8 Å². The predicted molar refractivity (Wildman–Crippen MR) is 53.1 cm³/mol. The minimum absolute atomic E-state index is 0.634. The first kappa shape index (κ1) is 8.75. The summed E-state index contributed by atoms with van der Waals surface area (Å²) in [6.07, 6.45) is 2.06. The second-order valence-corrected chi connectivity index (χ2v) is 3.56. The molecule has 0 aromatic heterocycles. The molecular formula is C8H10ClNS. The van der Waals surface area contributed by atoms with Crippen LogP contribution in [0.5, 0.6) is 0 Å². The third-order valence-corrected chi connectivity index (χ3v) is 2.34. The van der Waals surface area contributed by atoms with Gasteiger partial charge in [0.25, 0.3) is 0 Å². The quantitative estimate of drug-likeness (QED) is 0.721. The fourth-order valence-corrected chi connectivity index (χ4v) is 1.48. The Morgan fingerprint density at radius 3 is 2.82 bits per heavy atom. The third-order valence-electron chi connectivity index (χ3n) is 1.37. The van der Waals surface area contributed by atoms with Crippen LogP contribution in [0.15, 0.2) is 18.2 Å². The Balaban J connectivity index is 2.86. The molecule has 1 aromatic carbocycles. The Hall–Kier alpha value is -0.340. The minimum Gasteiger partial charge on any atom is -0.398 e. The van der Waals surface area contributed by atoms with Crippen molar-refractivity contribution in [2.75, 3.05) is 12.0 Å². The molecular weight excluding hydrogens is 178 g/mol. The molecule has 0 aliphatic carbocycles. The second-order valence-electron chi connectivity index (χ2n) is 2.29. The molecule has 0 fully saturated rings. The zero-order valence-corrected chi connectivity index (χ0v) is 7.88. The Morgan fingerprint density at radius 2 is 2.27 bits per heavy atom. The number of benzene rings is 1. The van der Waals surface area contributed by atoms with Crippen molar-refractivity contribution in [1.82, 2.24) is 0 Å². The maximum atomic E-state index is 5.75. The normalized spacial score (nSPS) is 10.0. The van der Waals surface area contributed by atoms with Crippen molar-refractivity contribution >= 4 is 29.1 Å². The van der Waals surface area contributed by atoms with Gasteiger partial charge in [0.15, 0.2) is 0 Å².